The van der Waals surface area contributed by atoms with Crippen LogP contribution in [0.15, 0.2) is 36.5 Å². The Bertz CT molecular complexity index is 795. The number of hydrogen-bond acceptors (Lipinski definition) is 4. The number of halogens is 1. The number of carbonyl (C=O) groups excluding carboxylic acids is 1. The van der Waals surface area contributed by atoms with Gasteiger partial charge in [0.2, 0.25) is 0 Å². The number of fused-ring (bicyclic) bond motifs is 1. The second-order valence-corrected chi connectivity index (χ2v) is 4.39. The molecule has 0 saturated heterocycles. The summed E-state index contributed by atoms with van der Waals surface area (Å²) in [5.74, 6) is -1.87. The average Bonchev–Trinajstić information content (AvgIpc) is 2.88. The predicted octanol–water partition coefficient (Wildman–Crippen LogP) is 1.73. The van der Waals surface area contributed by atoms with E-state index in [1.54, 1.807) is 12.3 Å². The first-order valence-corrected chi connectivity index (χ1v) is 6.20. The molecular weight excluding hydrogens is 275 g/mol. The van der Waals surface area contributed by atoms with Crippen molar-refractivity contribution in [3.63, 3.8) is 0 Å². The number of rotatable bonds is 3. The molecule has 0 atom stereocenters. The van der Waals surface area contributed by atoms with Crippen molar-refractivity contribution in [2.75, 3.05) is 0 Å². The molecule has 0 aliphatic heterocycles. The molecule has 0 aliphatic rings. The van der Waals surface area contributed by atoms with Crippen molar-refractivity contribution in [1.82, 2.24) is 20.5 Å². The Morgan fingerprint density at radius 3 is 3.00 bits per heavy atom. The fraction of sp³-hybridized carbons (Fsp3) is 0.0714. The van der Waals surface area contributed by atoms with E-state index in [1.807, 2.05) is 6.07 Å². The Kier molecular flexibility index (Phi) is 3.23. The minimum absolute atomic E-state index is 0.120. The van der Waals surface area contributed by atoms with Gasteiger partial charge in [0.25, 0.3) is 5.91 Å². The van der Waals surface area contributed by atoms with Gasteiger partial charge in [-0.1, -0.05) is 6.07 Å². The fourth-order valence-corrected chi connectivity index (χ4v) is 2.03. The largest absolute Gasteiger partial charge is 0.507 e. The SMILES string of the molecule is O=C(NCc1[nH]nc2ncccc12)c1c(O)cccc1F. The minimum atomic E-state index is -0.774. The minimum Gasteiger partial charge on any atom is -0.507 e. The number of carbonyl (C=O) groups is 1. The van der Waals surface area contributed by atoms with E-state index in [9.17, 15) is 14.3 Å². The van der Waals surface area contributed by atoms with Crippen molar-refractivity contribution >= 4 is 16.9 Å². The smallest absolute Gasteiger partial charge is 0.258 e. The van der Waals surface area contributed by atoms with E-state index in [1.165, 1.54) is 12.1 Å². The van der Waals surface area contributed by atoms with Crippen LogP contribution in [-0.4, -0.2) is 26.2 Å². The molecule has 2 aromatic heterocycles. The highest BCUT2D eigenvalue weighted by Gasteiger charge is 2.16. The van der Waals surface area contributed by atoms with Gasteiger partial charge >= 0.3 is 0 Å². The van der Waals surface area contributed by atoms with Crippen LogP contribution in [-0.2, 0) is 6.54 Å². The van der Waals surface area contributed by atoms with Gasteiger partial charge in [-0.2, -0.15) is 5.10 Å². The highest BCUT2D eigenvalue weighted by atomic mass is 19.1. The lowest BCUT2D eigenvalue weighted by Gasteiger charge is -2.06. The molecule has 0 spiro atoms. The lowest BCUT2D eigenvalue weighted by molar-refractivity contribution is 0.0943. The Balaban J connectivity index is 1.80. The molecule has 6 nitrogen and oxygen atoms in total. The molecule has 0 saturated carbocycles. The molecular formula is C14H11FN4O2. The summed E-state index contributed by atoms with van der Waals surface area (Å²) >= 11 is 0. The van der Waals surface area contributed by atoms with Gasteiger partial charge in [-0.15, -0.1) is 0 Å². The zero-order valence-corrected chi connectivity index (χ0v) is 10.8. The Morgan fingerprint density at radius 2 is 2.19 bits per heavy atom. The third-order valence-electron chi connectivity index (χ3n) is 3.05. The molecule has 0 bridgehead atoms. The molecule has 21 heavy (non-hydrogen) atoms. The number of nitrogens with one attached hydrogen (secondary N) is 2. The first kappa shape index (κ1) is 13.0. The molecule has 0 radical (unpaired) electrons. The topological polar surface area (TPSA) is 90.9 Å². The van der Waals surface area contributed by atoms with E-state index in [-0.39, 0.29) is 12.1 Å². The number of aromatic nitrogens is 3. The van der Waals surface area contributed by atoms with Crippen molar-refractivity contribution in [2.45, 2.75) is 6.54 Å². The number of hydrogen-bond donors (Lipinski definition) is 3. The van der Waals surface area contributed by atoms with Crippen LogP contribution in [0.4, 0.5) is 4.39 Å². The number of amides is 1. The van der Waals surface area contributed by atoms with Gasteiger partial charge in [-0.25, -0.2) is 9.37 Å². The van der Waals surface area contributed by atoms with Gasteiger partial charge in [0, 0.05) is 11.6 Å². The molecule has 0 aliphatic carbocycles. The van der Waals surface area contributed by atoms with Crippen LogP contribution < -0.4 is 5.32 Å². The molecule has 0 unspecified atom stereocenters. The molecule has 1 aromatic carbocycles. The quantitative estimate of drug-likeness (QED) is 0.684. The van der Waals surface area contributed by atoms with Gasteiger partial charge < -0.3 is 10.4 Å². The maximum atomic E-state index is 13.6. The lowest BCUT2D eigenvalue weighted by atomic mass is 10.1. The van der Waals surface area contributed by atoms with Gasteiger partial charge in [0.05, 0.1) is 12.2 Å². The van der Waals surface area contributed by atoms with Crippen molar-refractivity contribution < 1.29 is 14.3 Å². The zero-order valence-electron chi connectivity index (χ0n) is 10.8. The number of H-pyrrole nitrogens is 1. The number of nitrogens with zero attached hydrogens (tertiary/aromatic N) is 2. The first-order chi connectivity index (χ1) is 10.2. The summed E-state index contributed by atoms with van der Waals surface area (Å²) < 4.78 is 13.6. The molecule has 7 heteroatoms. The van der Waals surface area contributed by atoms with Crippen LogP contribution in [0.1, 0.15) is 16.1 Å². The maximum Gasteiger partial charge on any atom is 0.258 e. The highest BCUT2D eigenvalue weighted by Crippen LogP contribution is 2.20. The Labute approximate surface area is 118 Å². The highest BCUT2D eigenvalue weighted by molar-refractivity contribution is 5.97. The van der Waals surface area contributed by atoms with Crippen molar-refractivity contribution in [2.24, 2.45) is 0 Å². The number of phenols is 1. The summed E-state index contributed by atoms with van der Waals surface area (Å²) in [6.45, 7) is 0.120. The van der Waals surface area contributed by atoms with Crippen molar-refractivity contribution in [1.29, 1.82) is 0 Å². The average molecular weight is 286 g/mol. The number of benzene rings is 1. The summed E-state index contributed by atoms with van der Waals surface area (Å²) in [6, 6.07) is 7.27. The number of pyridine rings is 1. The van der Waals surface area contributed by atoms with Crippen molar-refractivity contribution in [3.05, 3.63) is 53.6 Å². The molecule has 0 fully saturated rings. The van der Waals surface area contributed by atoms with Crippen LogP contribution in [0.5, 0.6) is 5.75 Å². The van der Waals surface area contributed by atoms with Crippen LogP contribution in [0, 0.1) is 5.82 Å². The first-order valence-electron chi connectivity index (χ1n) is 6.20. The van der Waals surface area contributed by atoms with E-state index < -0.39 is 17.5 Å². The monoisotopic (exact) mass is 286 g/mol. The summed E-state index contributed by atoms with van der Waals surface area (Å²) in [7, 11) is 0. The predicted molar refractivity (Wildman–Crippen MR) is 73.1 cm³/mol. The summed E-state index contributed by atoms with van der Waals surface area (Å²) in [4.78, 5) is 16.0. The third-order valence-corrected chi connectivity index (χ3v) is 3.05. The Hall–Kier alpha value is -2.96. The van der Waals surface area contributed by atoms with Gasteiger partial charge in [-0.05, 0) is 24.3 Å². The van der Waals surface area contributed by atoms with Crippen LogP contribution >= 0.6 is 0 Å². The molecule has 3 N–H and O–H groups in total. The van der Waals surface area contributed by atoms with E-state index in [2.05, 4.69) is 20.5 Å². The van der Waals surface area contributed by atoms with E-state index in [0.29, 0.717) is 11.3 Å². The fourth-order valence-electron chi connectivity index (χ4n) is 2.03. The number of aromatic hydroxyl groups is 1. The van der Waals surface area contributed by atoms with Crippen LogP contribution in [0.3, 0.4) is 0 Å². The lowest BCUT2D eigenvalue weighted by Crippen LogP contribution is -2.24. The number of aromatic amines is 1. The third kappa shape index (κ3) is 2.40. The zero-order chi connectivity index (χ0) is 14.8. The number of phenolic OH excluding ortho intramolecular Hbond substituents is 1. The van der Waals surface area contributed by atoms with Crippen LogP contribution in [0.25, 0.3) is 11.0 Å². The summed E-state index contributed by atoms with van der Waals surface area (Å²) in [5, 5.41) is 19.6. The molecule has 106 valence electrons. The standard InChI is InChI=1S/C14H11FN4O2/c15-9-4-1-5-11(20)12(9)14(21)17-7-10-8-3-2-6-16-13(8)19-18-10/h1-6,20H,7H2,(H,17,21)(H,16,18,19). The molecule has 3 aromatic rings. The van der Waals surface area contributed by atoms with Crippen molar-refractivity contribution in [3.8, 4) is 5.75 Å². The van der Waals surface area contributed by atoms with E-state index in [0.717, 1.165) is 11.5 Å². The van der Waals surface area contributed by atoms with Gasteiger partial charge in [0.15, 0.2) is 5.65 Å². The summed E-state index contributed by atoms with van der Waals surface area (Å²) in [6.07, 6.45) is 1.61. The normalized spacial score (nSPS) is 10.7. The van der Waals surface area contributed by atoms with Crippen LogP contribution in [0.2, 0.25) is 0 Å². The second-order valence-electron chi connectivity index (χ2n) is 4.39. The second kappa shape index (κ2) is 5.20. The van der Waals surface area contributed by atoms with Gasteiger partial charge in [0.1, 0.15) is 17.1 Å². The van der Waals surface area contributed by atoms with E-state index in [4.69, 9.17) is 0 Å². The van der Waals surface area contributed by atoms with Gasteiger partial charge in [-0.3, -0.25) is 9.89 Å². The maximum absolute atomic E-state index is 13.6. The molecule has 2 heterocycles. The summed E-state index contributed by atoms with van der Waals surface area (Å²) in [5.41, 5.74) is 0.817. The molecule has 1 amide bonds. The molecule has 3 rings (SSSR count). The Morgan fingerprint density at radius 1 is 1.33 bits per heavy atom. The van der Waals surface area contributed by atoms with E-state index >= 15 is 0 Å².